The molecule has 2 heteroatoms. The summed E-state index contributed by atoms with van der Waals surface area (Å²) in [6.45, 7) is 9.96. The van der Waals surface area contributed by atoms with E-state index in [0.29, 0.717) is 11.3 Å². The second kappa shape index (κ2) is 5.49. The van der Waals surface area contributed by atoms with Crippen LogP contribution in [0.25, 0.3) is 0 Å². The Bertz CT molecular complexity index is 646. The zero-order valence-corrected chi connectivity index (χ0v) is 12.7. The van der Waals surface area contributed by atoms with Crippen molar-refractivity contribution in [3.8, 4) is 5.75 Å². The fraction of sp³-hybridized carbons (Fsp3) is 0.278. The lowest BCUT2D eigenvalue weighted by Gasteiger charge is -2.11. The molecule has 2 aromatic rings. The van der Waals surface area contributed by atoms with Gasteiger partial charge in [0.05, 0.1) is 5.56 Å². The highest BCUT2D eigenvalue weighted by Gasteiger charge is 2.15. The molecule has 20 heavy (non-hydrogen) atoms. The number of ether oxygens (including phenoxy) is 1. The number of benzene rings is 2. The summed E-state index contributed by atoms with van der Waals surface area (Å²) in [5, 5.41) is 0. The first-order valence-corrected chi connectivity index (χ1v) is 6.76. The van der Waals surface area contributed by atoms with Gasteiger partial charge in [-0.15, -0.1) is 0 Å². The van der Waals surface area contributed by atoms with E-state index in [1.807, 2.05) is 65.0 Å². The molecule has 0 radical (unpaired) electrons. The van der Waals surface area contributed by atoms with E-state index in [0.717, 1.165) is 22.3 Å². The van der Waals surface area contributed by atoms with Crippen molar-refractivity contribution >= 4 is 5.97 Å². The van der Waals surface area contributed by atoms with Crippen molar-refractivity contribution in [3.05, 3.63) is 63.7 Å². The Balaban J connectivity index is 2.31. The van der Waals surface area contributed by atoms with Gasteiger partial charge in [-0.2, -0.15) is 0 Å². The smallest absolute Gasteiger partial charge is 0.344 e. The minimum atomic E-state index is -0.289. The molecule has 0 amide bonds. The molecule has 0 heterocycles. The maximum absolute atomic E-state index is 12.3. The average molecular weight is 268 g/mol. The third kappa shape index (κ3) is 2.90. The topological polar surface area (TPSA) is 26.3 Å². The van der Waals surface area contributed by atoms with E-state index < -0.39 is 0 Å². The fourth-order valence-electron chi connectivity index (χ4n) is 2.44. The van der Waals surface area contributed by atoms with E-state index in [9.17, 15) is 4.79 Å². The van der Waals surface area contributed by atoms with Gasteiger partial charge in [0.25, 0.3) is 0 Å². The molecule has 0 spiro atoms. The zero-order valence-electron chi connectivity index (χ0n) is 12.7. The van der Waals surface area contributed by atoms with Gasteiger partial charge in [-0.05, 0) is 69.0 Å². The van der Waals surface area contributed by atoms with Crippen molar-refractivity contribution in [1.29, 1.82) is 0 Å². The first kappa shape index (κ1) is 14.3. The molecule has 2 rings (SSSR count). The Morgan fingerprint density at radius 3 is 1.95 bits per heavy atom. The summed E-state index contributed by atoms with van der Waals surface area (Å²) in [7, 11) is 0. The van der Waals surface area contributed by atoms with E-state index >= 15 is 0 Å². The second-order valence-corrected chi connectivity index (χ2v) is 5.41. The van der Waals surface area contributed by atoms with E-state index in [4.69, 9.17) is 4.74 Å². The van der Waals surface area contributed by atoms with Gasteiger partial charge in [-0.25, -0.2) is 4.79 Å². The summed E-state index contributed by atoms with van der Waals surface area (Å²) >= 11 is 0. The van der Waals surface area contributed by atoms with Crippen LogP contribution >= 0.6 is 0 Å². The maximum atomic E-state index is 12.3. The van der Waals surface area contributed by atoms with Gasteiger partial charge in [0, 0.05) is 0 Å². The summed E-state index contributed by atoms with van der Waals surface area (Å²) in [4.78, 5) is 12.3. The van der Waals surface area contributed by atoms with E-state index in [1.54, 1.807) is 0 Å². The summed E-state index contributed by atoms with van der Waals surface area (Å²) in [5.74, 6) is 0.306. The van der Waals surface area contributed by atoms with E-state index in [1.165, 1.54) is 5.56 Å². The Morgan fingerprint density at radius 2 is 1.40 bits per heavy atom. The molecule has 104 valence electrons. The van der Waals surface area contributed by atoms with Crippen molar-refractivity contribution in [2.24, 2.45) is 0 Å². The molecule has 0 aromatic heterocycles. The van der Waals surface area contributed by atoms with Gasteiger partial charge < -0.3 is 4.74 Å². The van der Waals surface area contributed by atoms with Gasteiger partial charge in [-0.3, -0.25) is 0 Å². The third-order valence-electron chi connectivity index (χ3n) is 3.57. The van der Waals surface area contributed by atoms with Crippen molar-refractivity contribution in [3.63, 3.8) is 0 Å². The molecular weight excluding hydrogens is 248 g/mol. The number of carbonyl (C=O) groups is 1. The van der Waals surface area contributed by atoms with Gasteiger partial charge in [0.15, 0.2) is 0 Å². The molecular formula is C18H20O2. The minimum absolute atomic E-state index is 0.289. The van der Waals surface area contributed by atoms with Crippen LogP contribution in [0.2, 0.25) is 0 Å². The van der Waals surface area contributed by atoms with Crippen LogP contribution in [0.15, 0.2) is 30.3 Å². The molecule has 0 bridgehead atoms. The Morgan fingerprint density at radius 1 is 0.800 bits per heavy atom. The van der Waals surface area contributed by atoms with Crippen molar-refractivity contribution in [1.82, 2.24) is 0 Å². The molecule has 0 aliphatic heterocycles. The summed E-state index contributed by atoms with van der Waals surface area (Å²) in [5.41, 5.74) is 6.03. The minimum Gasteiger partial charge on any atom is -0.423 e. The maximum Gasteiger partial charge on any atom is 0.344 e. The first-order valence-electron chi connectivity index (χ1n) is 6.76. The molecule has 0 N–H and O–H groups in total. The number of hydrogen-bond donors (Lipinski definition) is 0. The van der Waals surface area contributed by atoms with E-state index in [2.05, 4.69) is 0 Å². The molecule has 0 aliphatic carbocycles. The van der Waals surface area contributed by atoms with E-state index in [-0.39, 0.29) is 5.97 Å². The van der Waals surface area contributed by atoms with Gasteiger partial charge >= 0.3 is 5.97 Å². The van der Waals surface area contributed by atoms with Crippen molar-refractivity contribution in [2.45, 2.75) is 34.6 Å². The highest BCUT2D eigenvalue weighted by molar-refractivity contribution is 5.94. The average Bonchev–Trinajstić information content (AvgIpc) is 2.32. The monoisotopic (exact) mass is 268 g/mol. The molecule has 0 aliphatic rings. The van der Waals surface area contributed by atoms with Crippen LogP contribution in [0.4, 0.5) is 0 Å². The quantitative estimate of drug-likeness (QED) is 0.594. The van der Waals surface area contributed by atoms with Crippen LogP contribution in [-0.4, -0.2) is 5.97 Å². The Hall–Kier alpha value is -2.09. The lowest BCUT2D eigenvalue weighted by Crippen LogP contribution is -2.12. The van der Waals surface area contributed by atoms with Gasteiger partial charge in [0.1, 0.15) is 5.75 Å². The second-order valence-electron chi connectivity index (χ2n) is 5.41. The van der Waals surface area contributed by atoms with Crippen molar-refractivity contribution < 1.29 is 9.53 Å². The first-order chi connectivity index (χ1) is 9.38. The standard InChI is InChI=1S/C18H20O2/c1-11-8-14(4)17(15(5)9-11)18(19)20-16-7-6-12(2)13(3)10-16/h6-10H,1-5H3. The van der Waals surface area contributed by atoms with Crippen LogP contribution in [-0.2, 0) is 0 Å². The number of rotatable bonds is 2. The number of esters is 1. The van der Waals surface area contributed by atoms with Crippen LogP contribution in [0.1, 0.15) is 38.2 Å². The number of hydrogen-bond acceptors (Lipinski definition) is 2. The predicted molar refractivity (Wildman–Crippen MR) is 81.5 cm³/mol. The summed E-state index contributed by atoms with van der Waals surface area (Å²) < 4.78 is 5.50. The normalized spacial score (nSPS) is 10.4. The van der Waals surface area contributed by atoms with Crippen LogP contribution in [0.3, 0.4) is 0 Å². The molecule has 0 atom stereocenters. The molecule has 0 fully saturated rings. The molecule has 2 nitrogen and oxygen atoms in total. The number of carbonyl (C=O) groups excluding carboxylic acids is 1. The molecule has 0 saturated carbocycles. The van der Waals surface area contributed by atoms with Crippen LogP contribution in [0, 0.1) is 34.6 Å². The Labute approximate surface area is 120 Å². The van der Waals surface area contributed by atoms with Gasteiger partial charge in [-0.1, -0.05) is 23.8 Å². The van der Waals surface area contributed by atoms with Crippen molar-refractivity contribution in [2.75, 3.05) is 0 Å². The van der Waals surface area contributed by atoms with Crippen LogP contribution < -0.4 is 4.74 Å². The van der Waals surface area contributed by atoms with Crippen LogP contribution in [0.5, 0.6) is 5.75 Å². The Kier molecular flexibility index (Phi) is 3.93. The molecule has 0 saturated heterocycles. The highest BCUT2D eigenvalue weighted by Crippen LogP contribution is 2.21. The predicted octanol–water partition coefficient (Wildman–Crippen LogP) is 4.45. The lowest BCUT2D eigenvalue weighted by atomic mass is 10.00. The summed E-state index contributed by atoms with van der Waals surface area (Å²) in [6, 6.07) is 9.70. The zero-order chi connectivity index (χ0) is 14.9. The largest absolute Gasteiger partial charge is 0.423 e. The molecule has 2 aromatic carbocycles. The third-order valence-corrected chi connectivity index (χ3v) is 3.57. The lowest BCUT2D eigenvalue weighted by molar-refractivity contribution is 0.0733. The fourth-order valence-corrected chi connectivity index (χ4v) is 2.44. The summed E-state index contributed by atoms with van der Waals surface area (Å²) in [6.07, 6.45) is 0. The highest BCUT2D eigenvalue weighted by atomic mass is 16.5. The SMILES string of the molecule is Cc1cc(C)c(C(=O)Oc2ccc(C)c(C)c2)c(C)c1. The molecule has 0 unspecified atom stereocenters. The van der Waals surface area contributed by atoms with Gasteiger partial charge in [0.2, 0.25) is 0 Å². The number of aryl methyl sites for hydroxylation is 5.